The van der Waals surface area contributed by atoms with Crippen molar-refractivity contribution in [3.8, 4) is 23.0 Å². The Morgan fingerprint density at radius 2 is 1.60 bits per heavy atom. The first-order valence-corrected chi connectivity index (χ1v) is 8.44. The van der Waals surface area contributed by atoms with Gasteiger partial charge in [-0.15, -0.1) is 0 Å². The van der Waals surface area contributed by atoms with Gasteiger partial charge in [0.2, 0.25) is 5.75 Å². The number of rotatable bonds is 9. The summed E-state index contributed by atoms with van der Waals surface area (Å²) in [6, 6.07) is 6.49. The fourth-order valence-corrected chi connectivity index (χ4v) is 2.52. The summed E-state index contributed by atoms with van der Waals surface area (Å²) in [5.41, 5.74) is -0.0257. The van der Waals surface area contributed by atoms with E-state index >= 15 is 0 Å². The first-order chi connectivity index (χ1) is 14.3. The first-order valence-electron chi connectivity index (χ1n) is 8.44. The zero-order valence-electron chi connectivity index (χ0n) is 16.7. The Hall–Kier alpha value is -4.02. The van der Waals surface area contributed by atoms with Crippen LogP contribution < -0.4 is 24.3 Å². The molecular formula is C19H20N2O9. The molecule has 11 heteroatoms. The van der Waals surface area contributed by atoms with Gasteiger partial charge in [0, 0.05) is 30.0 Å². The van der Waals surface area contributed by atoms with Gasteiger partial charge < -0.3 is 29.0 Å². The molecule has 0 bridgehead atoms. The van der Waals surface area contributed by atoms with Crippen LogP contribution in [0.2, 0.25) is 0 Å². The molecule has 11 nitrogen and oxygen atoms in total. The Labute approximate surface area is 171 Å². The van der Waals surface area contributed by atoms with Crippen LogP contribution in [0.1, 0.15) is 10.4 Å². The fourth-order valence-electron chi connectivity index (χ4n) is 2.52. The van der Waals surface area contributed by atoms with Crippen LogP contribution in [0.25, 0.3) is 0 Å². The molecule has 1 N–H and O–H groups in total. The maximum Gasteiger partial charge on any atom is 0.337 e. The number of nitro benzene ring substituents is 1. The topological polar surface area (TPSA) is 135 Å². The highest BCUT2D eigenvalue weighted by atomic mass is 16.6. The monoisotopic (exact) mass is 420 g/mol. The molecule has 0 aliphatic heterocycles. The molecule has 0 spiro atoms. The Morgan fingerprint density at radius 3 is 2.10 bits per heavy atom. The van der Waals surface area contributed by atoms with Gasteiger partial charge in [0.05, 0.1) is 38.9 Å². The van der Waals surface area contributed by atoms with Crippen LogP contribution in [0.15, 0.2) is 30.3 Å². The fraction of sp³-hybridized carbons (Fsp3) is 0.263. The standard InChI is InChI=1S/C19H20N2O9/c1-26-15-8-12(9-16(27-2)18(15)28-3)20-17(22)10-30-14-7-11(19(23)29-4)5-6-13(14)21(24)25/h5-9H,10H2,1-4H3,(H,20,22). The lowest BCUT2D eigenvalue weighted by atomic mass is 10.2. The molecule has 1 amide bonds. The molecule has 0 aliphatic rings. The van der Waals surface area contributed by atoms with Crippen molar-refractivity contribution in [2.75, 3.05) is 40.4 Å². The van der Waals surface area contributed by atoms with Gasteiger partial charge >= 0.3 is 11.7 Å². The van der Waals surface area contributed by atoms with E-state index < -0.39 is 29.1 Å². The number of benzene rings is 2. The highest BCUT2D eigenvalue weighted by Crippen LogP contribution is 2.40. The molecule has 0 atom stereocenters. The van der Waals surface area contributed by atoms with Gasteiger partial charge in [-0.2, -0.15) is 0 Å². The van der Waals surface area contributed by atoms with Crippen molar-refractivity contribution in [2.45, 2.75) is 0 Å². The number of carbonyl (C=O) groups excluding carboxylic acids is 2. The number of carbonyl (C=O) groups is 2. The molecule has 0 aromatic heterocycles. The summed E-state index contributed by atoms with van der Waals surface area (Å²) in [6.07, 6.45) is 0. The Morgan fingerprint density at radius 1 is 0.967 bits per heavy atom. The highest BCUT2D eigenvalue weighted by molar-refractivity contribution is 5.93. The molecular weight excluding hydrogens is 400 g/mol. The van der Waals surface area contributed by atoms with Crippen LogP contribution in [-0.2, 0) is 9.53 Å². The lowest BCUT2D eigenvalue weighted by Gasteiger charge is -2.15. The number of nitrogens with zero attached hydrogens (tertiary/aromatic N) is 1. The third-order valence-corrected chi connectivity index (χ3v) is 3.88. The van der Waals surface area contributed by atoms with Crippen LogP contribution in [-0.4, -0.2) is 51.8 Å². The summed E-state index contributed by atoms with van der Waals surface area (Å²) in [7, 11) is 5.48. The van der Waals surface area contributed by atoms with E-state index in [1.54, 1.807) is 0 Å². The maximum atomic E-state index is 12.3. The average molecular weight is 420 g/mol. The van der Waals surface area contributed by atoms with Crippen molar-refractivity contribution < 1.29 is 38.2 Å². The Kier molecular flexibility index (Phi) is 7.39. The molecule has 30 heavy (non-hydrogen) atoms. The van der Waals surface area contributed by atoms with Crippen LogP contribution in [0.3, 0.4) is 0 Å². The molecule has 0 radical (unpaired) electrons. The van der Waals surface area contributed by atoms with E-state index in [-0.39, 0.29) is 11.3 Å². The average Bonchev–Trinajstić information content (AvgIpc) is 2.75. The van der Waals surface area contributed by atoms with E-state index in [0.717, 1.165) is 12.1 Å². The number of esters is 1. The summed E-state index contributed by atoms with van der Waals surface area (Å²) in [5, 5.41) is 13.7. The van der Waals surface area contributed by atoms with Crippen molar-refractivity contribution >= 4 is 23.3 Å². The molecule has 160 valence electrons. The van der Waals surface area contributed by atoms with E-state index in [2.05, 4.69) is 10.1 Å². The molecule has 0 unspecified atom stereocenters. The third-order valence-electron chi connectivity index (χ3n) is 3.88. The van der Waals surface area contributed by atoms with Crippen LogP contribution in [0, 0.1) is 10.1 Å². The third kappa shape index (κ3) is 5.07. The summed E-state index contributed by atoms with van der Waals surface area (Å²) >= 11 is 0. The number of amides is 1. The van der Waals surface area contributed by atoms with E-state index in [1.165, 1.54) is 46.6 Å². The van der Waals surface area contributed by atoms with Gasteiger partial charge in [-0.25, -0.2) is 4.79 Å². The quantitative estimate of drug-likeness (QED) is 0.368. The molecule has 0 heterocycles. The SMILES string of the molecule is COC(=O)c1ccc([N+](=O)[O-])c(OCC(=O)Nc2cc(OC)c(OC)c(OC)c2)c1. The van der Waals surface area contributed by atoms with E-state index in [1.807, 2.05) is 0 Å². The molecule has 0 saturated carbocycles. The minimum atomic E-state index is -0.698. The second kappa shape index (κ2) is 9.96. The highest BCUT2D eigenvalue weighted by Gasteiger charge is 2.20. The molecule has 2 rings (SSSR count). The maximum absolute atomic E-state index is 12.3. The van der Waals surface area contributed by atoms with Gasteiger partial charge in [-0.05, 0) is 6.07 Å². The van der Waals surface area contributed by atoms with Crippen molar-refractivity contribution in [1.29, 1.82) is 0 Å². The minimum Gasteiger partial charge on any atom is -0.493 e. The van der Waals surface area contributed by atoms with Gasteiger partial charge in [0.25, 0.3) is 5.91 Å². The summed E-state index contributed by atoms with van der Waals surface area (Å²) in [5.74, 6) is -0.546. The largest absolute Gasteiger partial charge is 0.493 e. The summed E-state index contributed by atoms with van der Waals surface area (Å²) in [4.78, 5) is 34.4. The van der Waals surface area contributed by atoms with E-state index in [4.69, 9.17) is 18.9 Å². The van der Waals surface area contributed by atoms with Crippen molar-refractivity contribution in [1.82, 2.24) is 0 Å². The normalized spacial score (nSPS) is 10.0. The molecule has 0 aliphatic carbocycles. The second-order valence-corrected chi connectivity index (χ2v) is 5.68. The Balaban J connectivity index is 2.18. The minimum absolute atomic E-state index is 0.0446. The second-order valence-electron chi connectivity index (χ2n) is 5.68. The summed E-state index contributed by atoms with van der Waals surface area (Å²) in [6.45, 7) is -0.553. The zero-order valence-corrected chi connectivity index (χ0v) is 16.7. The van der Waals surface area contributed by atoms with E-state index in [0.29, 0.717) is 22.9 Å². The van der Waals surface area contributed by atoms with Crippen molar-refractivity contribution in [3.63, 3.8) is 0 Å². The van der Waals surface area contributed by atoms with Crippen LogP contribution in [0.5, 0.6) is 23.0 Å². The molecule has 2 aromatic carbocycles. The van der Waals surface area contributed by atoms with Gasteiger partial charge in [-0.1, -0.05) is 0 Å². The van der Waals surface area contributed by atoms with Gasteiger partial charge in [0.1, 0.15) is 0 Å². The number of nitro groups is 1. The van der Waals surface area contributed by atoms with Gasteiger partial charge in [0.15, 0.2) is 23.9 Å². The number of methoxy groups -OCH3 is 4. The van der Waals surface area contributed by atoms with Crippen molar-refractivity contribution in [2.24, 2.45) is 0 Å². The number of ether oxygens (including phenoxy) is 5. The number of hydrogen-bond acceptors (Lipinski definition) is 9. The van der Waals surface area contributed by atoms with Crippen LogP contribution >= 0.6 is 0 Å². The lowest BCUT2D eigenvalue weighted by molar-refractivity contribution is -0.385. The predicted molar refractivity (Wildman–Crippen MR) is 105 cm³/mol. The number of anilines is 1. The predicted octanol–water partition coefficient (Wildman–Crippen LogP) is 2.42. The number of nitrogens with one attached hydrogen (secondary N) is 1. The Bertz CT molecular complexity index is 934. The molecule has 0 fully saturated rings. The molecule has 0 saturated heterocycles. The molecule has 2 aromatic rings. The lowest BCUT2D eigenvalue weighted by Crippen LogP contribution is -2.20. The summed E-state index contributed by atoms with van der Waals surface area (Å²) < 4.78 is 25.5. The van der Waals surface area contributed by atoms with Crippen LogP contribution in [0.4, 0.5) is 11.4 Å². The van der Waals surface area contributed by atoms with Crippen molar-refractivity contribution in [3.05, 3.63) is 46.0 Å². The first kappa shape index (κ1) is 22.3. The zero-order chi connectivity index (χ0) is 22.3. The number of hydrogen-bond donors (Lipinski definition) is 1. The van der Waals surface area contributed by atoms with Gasteiger partial charge in [-0.3, -0.25) is 14.9 Å². The van der Waals surface area contributed by atoms with E-state index in [9.17, 15) is 19.7 Å². The smallest absolute Gasteiger partial charge is 0.337 e.